The summed E-state index contributed by atoms with van der Waals surface area (Å²) in [5.74, 6) is 0.525. The van der Waals surface area contributed by atoms with Crippen molar-refractivity contribution >= 4 is 6.09 Å². The normalized spacial score (nSPS) is 26.4. The number of hydrogen-bond donors (Lipinski definition) is 2. The molecule has 88 valence electrons. The van der Waals surface area contributed by atoms with E-state index in [4.69, 9.17) is 4.74 Å². The maximum Gasteiger partial charge on any atom is 0.407 e. The highest BCUT2D eigenvalue weighted by atomic mass is 16.6. The second-order valence-corrected chi connectivity index (χ2v) is 5.08. The van der Waals surface area contributed by atoms with Crippen LogP contribution in [0.1, 0.15) is 34.1 Å². The quantitative estimate of drug-likeness (QED) is 0.732. The van der Waals surface area contributed by atoms with Gasteiger partial charge in [-0.1, -0.05) is 13.3 Å². The summed E-state index contributed by atoms with van der Waals surface area (Å²) in [7, 11) is 0. The number of hydrogen-bond acceptors (Lipinski definition) is 3. The fourth-order valence-electron chi connectivity index (χ4n) is 1.79. The van der Waals surface area contributed by atoms with Crippen LogP contribution in [0.3, 0.4) is 0 Å². The van der Waals surface area contributed by atoms with Gasteiger partial charge in [0, 0.05) is 19.1 Å². The Hall–Kier alpha value is -0.770. The molecule has 15 heavy (non-hydrogen) atoms. The van der Waals surface area contributed by atoms with Crippen LogP contribution in [0, 0.1) is 5.92 Å². The smallest absolute Gasteiger partial charge is 0.407 e. The molecule has 0 aromatic carbocycles. The van der Waals surface area contributed by atoms with Crippen molar-refractivity contribution in [2.75, 3.05) is 13.1 Å². The minimum Gasteiger partial charge on any atom is -0.444 e. The summed E-state index contributed by atoms with van der Waals surface area (Å²) in [5.41, 5.74) is -0.419. The van der Waals surface area contributed by atoms with Crippen molar-refractivity contribution < 1.29 is 9.53 Å². The molecular weight excluding hydrogens is 192 g/mol. The first kappa shape index (κ1) is 12.3. The summed E-state index contributed by atoms with van der Waals surface area (Å²) in [6.45, 7) is 9.58. The molecule has 0 aliphatic carbocycles. The molecule has 0 spiro atoms. The van der Waals surface area contributed by atoms with Crippen molar-refractivity contribution in [3.05, 3.63) is 0 Å². The molecule has 0 radical (unpaired) electrons. The van der Waals surface area contributed by atoms with Crippen LogP contribution in [0.25, 0.3) is 0 Å². The first-order valence-electron chi connectivity index (χ1n) is 5.62. The van der Waals surface area contributed by atoms with E-state index in [-0.39, 0.29) is 12.1 Å². The van der Waals surface area contributed by atoms with Gasteiger partial charge >= 0.3 is 6.09 Å². The highest BCUT2D eigenvalue weighted by Crippen LogP contribution is 2.14. The fraction of sp³-hybridized carbons (Fsp3) is 0.909. The van der Waals surface area contributed by atoms with Gasteiger partial charge in [-0.05, 0) is 26.7 Å². The first-order chi connectivity index (χ1) is 6.92. The van der Waals surface area contributed by atoms with E-state index in [1.54, 1.807) is 0 Å². The van der Waals surface area contributed by atoms with Gasteiger partial charge in [0.1, 0.15) is 5.60 Å². The molecule has 0 saturated carbocycles. The Kier molecular flexibility index (Phi) is 3.97. The third kappa shape index (κ3) is 4.08. The molecule has 1 aliphatic rings. The molecule has 0 unspecified atom stereocenters. The number of carbonyl (C=O) groups excluding carboxylic acids is 1. The first-order valence-corrected chi connectivity index (χ1v) is 5.62. The second-order valence-electron chi connectivity index (χ2n) is 5.08. The lowest BCUT2D eigenvalue weighted by Crippen LogP contribution is -2.43. The Morgan fingerprint density at radius 1 is 1.47 bits per heavy atom. The third-order valence-electron chi connectivity index (χ3n) is 2.57. The summed E-state index contributed by atoms with van der Waals surface area (Å²) in [6.07, 6.45) is 0.766. The molecule has 1 fully saturated rings. The lowest BCUT2D eigenvalue weighted by molar-refractivity contribution is 0.0497. The summed E-state index contributed by atoms with van der Waals surface area (Å²) in [6, 6.07) is 0.213. The van der Waals surface area contributed by atoms with E-state index >= 15 is 0 Å². The van der Waals surface area contributed by atoms with Crippen molar-refractivity contribution in [3.8, 4) is 0 Å². The van der Waals surface area contributed by atoms with E-state index in [9.17, 15) is 4.79 Å². The van der Waals surface area contributed by atoms with Crippen LogP contribution in [-0.2, 0) is 4.74 Å². The zero-order valence-electron chi connectivity index (χ0n) is 10.1. The van der Waals surface area contributed by atoms with E-state index in [1.165, 1.54) is 0 Å². The molecule has 4 nitrogen and oxygen atoms in total. The van der Waals surface area contributed by atoms with Gasteiger partial charge in [-0.2, -0.15) is 0 Å². The summed E-state index contributed by atoms with van der Waals surface area (Å²) < 4.78 is 5.21. The number of carbonyl (C=O) groups is 1. The molecule has 1 amide bonds. The molecular formula is C11H22N2O2. The van der Waals surface area contributed by atoms with Gasteiger partial charge in [0.05, 0.1) is 0 Å². The van der Waals surface area contributed by atoms with Gasteiger partial charge in [0.2, 0.25) is 0 Å². The summed E-state index contributed by atoms with van der Waals surface area (Å²) in [4.78, 5) is 11.5. The Balaban J connectivity index is 2.37. The van der Waals surface area contributed by atoms with E-state index < -0.39 is 5.60 Å². The van der Waals surface area contributed by atoms with Crippen molar-refractivity contribution in [2.45, 2.75) is 45.8 Å². The second kappa shape index (κ2) is 4.84. The van der Waals surface area contributed by atoms with Gasteiger partial charge < -0.3 is 15.4 Å². The van der Waals surface area contributed by atoms with Crippen LogP contribution in [-0.4, -0.2) is 30.8 Å². The van der Waals surface area contributed by atoms with Gasteiger partial charge in [0.25, 0.3) is 0 Å². The number of alkyl carbamates (subject to hydrolysis) is 1. The van der Waals surface area contributed by atoms with Crippen molar-refractivity contribution in [1.82, 2.24) is 10.6 Å². The monoisotopic (exact) mass is 214 g/mol. The molecule has 0 bridgehead atoms. The van der Waals surface area contributed by atoms with Crippen molar-refractivity contribution in [1.29, 1.82) is 0 Å². The molecule has 2 N–H and O–H groups in total. The standard InChI is InChI=1S/C11H22N2O2/c1-5-8-6-12-7-9(8)13-10(14)15-11(2,3)4/h8-9,12H,5-7H2,1-4H3,(H,13,14)/t8-,9+/m1/s1. The lowest BCUT2D eigenvalue weighted by atomic mass is 10.0. The van der Waals surface area contributed by atoms with Gasteiger partial charge in [-0.3, -0.25) is 0 Å². The summed E-state index contributed by atoms with van der Waals surface area (Å²) in [5, 5.41) is 6.18. The van der Waals surface area contributed by atoms with Crippen LogP contribution < -0.4 is 10.6 Å². The zero-order chi connectivity index (χ0) is 11.5. The minimum absolute atomic E-state index is 0.213. The highest BCUT2D eigenvalue weighted by Gasteiger charge is 2.28. The molecule has 1 rings (SSSR count). The molecule has 1 saturated heterocycles. The topological polar surface area (TPSA) is 50.4 Å². The molecule has 4 heteroatoms. The maximum atomic E-state index is 11.5. The molecule has 0 aromatic rings. The predicted molar refractivity (Wildman–Crippen MR) is 59.8 cm³/mol. The molecule has 2 atom stereocenters. The Morgan fingerprint density at radius 2 is 2.13 bits per heavy atom. The zero-order valence-corrected chi connectivity index (χ0v) is 10.1. The van der Waals surface area contributed by atoms with E-state index in [1.807, 2.05) is 20.8 Å². The van der Waals surface area contributed by atoms with Crippen LogP contribution >= 0.6 is 0 Å². The summed E-state index contributed by atoms with van der Waals surface area (Å²) >= 11 is 0. The number of rotatable bonds is 2. The Morgan fingerprint density at radius 3 is 2.67 bits per heavy atom. The fourth-order valence-corrected chi connectivity index (χ4v) is 1.79. The molecule has 1 heterocycles. The highest BCUT2D eigenvalue weighted by molar-refractivity contribution is 5.68. The number of amides is 1. The largest absolute Gasteiger partial charge is 0.444 e. The van der Waals surface area contributed by atoms with Crippen LogP contribution in [0.2, 0.25) is 0 Å². The van der Waals surface area contributed by atoms with Crippen LogP contribution in [0.15, 0.2) is 0 Å². The predicted octanol–water partition coefficient (Wildman–Crippen LogP) is 1.51. The molecule has 0 aromatic heterocycles. The average Bonchev–Trinajstić information content (AvgIpc) is 2.48. The van der Waals surface area contributed by atoms with Crippen molar-refractivity contribution in [2.24, 2.45) is 5.92 Å². The van der Waals surface area contributed by atoms with Crippen molar-refractivity contribution in [3.63, 3.8) is 0 Å². The van der Waals surface area contributed by atoms with E-state index in [0.29, 0.717) is 5.92 Å². The third-order valence-corrected chi connectivity index (χ3v) is 2.57. The Bertz CT molecular complexity index is 223. The van der Waals surface area contributed by atoms with Gasteiger partial charge in [-0.25, -0.2) is 4.79 Å². The Labute approximate surface area is 91.8 Å². The lowest BCUT2D eigenvalue weighted by Gasteiger charge is -2.23. The minimum atomic E-state index is -0.419. The van der Waals surface area contributed by atoms with Crippen LogP contribution in [0.5, 0.6) is 0 Å². The van der Waals surface area contributed by atoms with Gasteiger partial charge in [-0.15, -0.1) is 0 Å². The van der Waals surface area contributed by atoms with E-state index in [2.05, 4.69) is 17.6 Å². The van der Waals surface area contributed by atoms with Gasteiger partial charge in [0.15, 0.2) is 0 Å². The van der Waals surface area contributed by atoms with E-state index in [0.717, 1.165) is 19.5 Å². The molecule has 1 aliphatic heterocycles. The average molecular weight is 214 g/mol. The number of ether oxygens (including phenoxy) is 1. The maximum absolute atomic E-state index is 11.5. The SMILES string of the molecule is CC[C@@H]1CNC[C@@H]1NC(=O)OC(C)(C)C. The van der Waals surface area contributed by atoms with Crippen LogP contribution in [0.4, 0.5) is 4.79 Å². The number of nitrogens with one attached hydrogen (secondary N) is 2.